The van der Waals surface area contributed by atoms with Gasteiger partial charge in [0.25, 0.3) is 5.91 Å². The predicted molar refractivity (Wildman–Crippen MR) is 115 cm³/mol. The van der Waals surface area contributed by atoms with Crippen molar-refractivity contribution in [2.24, 2.45) is 4.99 Å². The molecular formula is C22H22N2O4S. The van der Waals surface area contributed by atoms with E-state index < -0.39 is 0 Å². The van der Waals surface area contributed by atoms with E-state index in [2.05, 4.69) is 4.99 Å². The van der Waals surface area contributed by atoms with Crippen LogP contribution in [0.3, 0.4) is 0 Å². The fraction of sp³-hybridized carbons (Fsp3) is 0.227. The zero-order valence-corrected chi connectivity index (χ0v) is 17.4. The summed E-state index contributed by atoms with van der Waals surface area (Å²) < 4.78 is 10.6. The molecule has 0 aromatic heterocycles. The number of carbonyl (C=O) groups excluding carboxylic acids is 2. The maximum atomic E-state index is 12.6. The lowest BCUT2D eigenvalue weighted by molar-refractivity contribution is -0.121. The lowest BCUT2D eigenvalue weighted by atomic mass is 10.2. The minimum absolute atomic E-state index is 0.122. The highest BCUT2D eigenvalue weighted by Crippen LogP contribution is 2.34. The second kappa shape index (κ2) is 9.43. The van der Waals surface area contributed by atoms with E-state index in [4.69, 9.17) is 9.47 Å². The number of ether oxygens (including phenoxy) is 2. The molecule has 1 heterocycles. The Bertz CT molecular complexity index is 967. The van der Waals surface area contributed by atoms with Crippen molar-refractivity contribution < 1.29 is 19.1 Å². The number of thioether (sulfide) groups is 1. The largest absolute Gasteiger partial charge is 0.493 e. The Labute approximate surface area is 174 Å². The number of amidine groups is 1. The first-order valence-corrected chi connectivity index (χ1v) is 10.1. The quantitative estimate of drug-likeness (QED) is 0.518. The van der Waals surface area contributed by atoms with Gasteiger partial charge in [0.05, 0.1) is 29.4 Å². The summed E-state index contributed by atoms with van der Waals surface area (Å²) in [5, 5.41) is 0.569. The molecule has 0 aliphatic carbocycles. The monoisotopic (exact) mass is 410 g/mol. The molecule has 29 heavy (non-hydrogen) atoms. The van der Waals surface area contributed by atoms with Crippen molar-refractivity contribution in [1.82, 2.24) is 4.90 Å². The molecule has 0 saturated carbocycles. The minimum atomic E-state index is -0.368. The number of esters is 1. The van der Waals surface area contributed by atoms with Gasteiger partial charge in [0.2, 0.25) is 0 Å². The van der Waals surface area contributed by atoms with E-state index in [9.17, 15) is 9.59 Å². The highest BCUT2D eigenvalue weighted by atomic mass is 32.2. The molecule has 1 aliphatic rings. The van der Waals surface area contributed by atoms with Crippen molar-refractivity contribution in [3.8, 4) is 5.75 Å². The topological polar surface area (TPSA) is 68.2 Å². The molecule has 1 saturated heterocycles. The SMILES string of the molecule is CCOC(=O)c1ccc(N=C2S/C(=C/c3ccccc3OCC)C(=O)N2C)cc1. The van der Waals surface area contributed by atoms with E-state index in [1.54, 1.807) is 38.2 Å². The Morgan fingerprint density at radius 2 is 1.83 bits per heavy atom. The first-order valence-electron chi connectivity index (χ1n) is 9.28. The average molecular weight is 410 g/mol. The van der Waals surface area contributed by atoms with Gasteiger partial charge in [-0.05, 0) is 62.0 Å². The van der Waals surface area contributed by atoms with Crippen LogP contribution in [0.2, 0.25) is 0 Å². The average Bonchev–Trinajstić information content (AvgIpc) is 2.98. The predicted octanol–water partition coefficient (Wildman–Crippen LogP) is 4.50. The van der Waals surface area contributed by atoms with E-state index in [0.29, 0.717) is 34.5 Å². The summed E-state index contributed by atoms with van der Waals surface area (Å²) in [4.78, 5) is 31.0. The first-order chi connectivity index (χ1) is 14.0. The summed E-state index contributed by atoms with van der Waals surface area (Å²) in [6, 6.07) is 14.4. The Balaban J connectivity index is 1.82. The molecular weight excluding hydrogens is 388 g/mol. The number of carbonyl (C=O) groups is 2. The van der Waals surface area contributed by atoms with Crippen molar-refractivity contribution in [1.29, 1.82) is 0 Å². The Kier molecular flexibility index (Phi) is 6.72. The van der Waals surface area contributed by atoms with Crippen LogP contribution in [0, 0.1) is 0 Å². The minimum Gasteiger partial charge on any atom is -0.493 e. The molecule has 0 bridgehead atoms. The van der Waals surface area contributed by atoms with Crippen LogP contribution in [-0.4, -0.2) is 42.2 Å². The molecule has 2 aromatic carbocycles. The van der Waals surface area contributed by atoms with Crippen LogP contribution in [-0.2, 0) is 9.53 Å². The van der Waals surface area contributed by atoms with Crippen molar-refractivity contribution in [3.63, 3.8) is 0 Å². The molecule has 0 N–H and O–H groups in total. The lowest BCUT2D eigenvalue weighted by Crippen LogP contribution is -2.23. The van der Waals surface area contributed by atoms with Gasteiger partial charge in [-0.15, -0.1) is 0 Å². The molecule has 150 valence electrons. The summed E-state index contributed by atoms with van der Waals surface area (Å²) in [5.41, 5.74) is 1.96. The number of aliphatic imine (C=N–C) groups is 1. The maximum absolute atomic E-state index is 12.6. The zero-order chi connectivity index (χ0) is 20.8. The maximum Gasteiger partial charge on any atom is 0.338 e. The molecule has 1 amide bonds. The van der Waals surface area contributed by atoms with Gasteiger partial charge < -0.3 is 9.47 Å². The highest BCUT2D eigenvalue weighted by molar-refractivity contribution is 8.18. The molecule has 6 nitrogen and oxygen atoms in total. The molecule has 0 unspecified atom stereocenters. The van der Waals surface area contributed by atoms with Crippen LogP contribution in [0.15, 0.2) is 58.4 Å². The summed E-state index contributed by atoms with van der Waals surface area (Å²) in [7, 11) is 1.69. The van der Waals surface area contributed by atoms with Crippen LogP contribution < -0.4 is 4.74 Å². The summed E-state index contributed by atoms with van der Waals surface area (Å²) >= 11 is 1.30. The number of rotatable bonds is 6. The van der Waals surface area contributed by atoms with E-state index in [0.717, 1.165) is 11.3 Å². The second-order valence-electron chi connectivity index (χ2n) is 6.11. The second-order valence-corrected chi connectivity index (χ2v) is 7.12. The van der Waals surface area contributed by atoms with E-state index in [1.807, 2.05) is 37.3 Å². The fourth-order valence-corrected chi connectivity index (χ4v) is 3.65. The van der Waals surface area contributed by atoms with Gasteiger partial charge in [-0.25, -0.2) is 9.79 Å². The van der Waals surface area contributed by atoms with Gasteiger partial charge in [0.15, 0.2) is 5.17 Å². The lowest BCUT2D eigenvalue weighted by Gasteiger charge is -2.08. The Morgan fingerprint density at radius 1 is 1.10 bits per heavy atom. The number of para-hydroxylation sites is 1. The van der Waals surface area contributed by atoms with Crippen LogP contribution in [0.1, 0.15) is 29.8 Å². The number of benzene rings is 2. The zero-order valence-electron chi connectivity index (χ0n) is 16.5. The Morgan fingerprint density at radius 3 is 2.52 bits per heavy atom. The van der Waals surface area contributed by atoms with Crippen LogP contribution in [0.4, 0.5) is 5.69 Å². The standard InChI is InChI=1S/C22H22N2O4S/c1-4-27-18-9-7-6-8-16(18)14-19-20(25)24(3)22(29-19)23-17-12-10-15(11-13-17)21(26)28-5-2/h6-14H,4-5H2,1-3H3/b19-14+,23-22?. The van der Waals surface area contributed by atoms with E-state index >= 15 is 0 Å². The molecule has 7 heteroatoms. The summed E-state index contributed by atoms with van der Waals surface area (Å²) in [6.45, 7) is 4.56. The van der Waals surface area contributed by atoms with Crippen LogP contribution in [0.5, 0.6) is 5.75 Å². The van der Waals surface area contributed by atoms with Crippen molar-refractivity contribution in [3.05, 3.63) is 64.6 Å². The van der Waals surface area contributed by atoms with Crippen molar-refractivity contribution in [2.45, 2.75) is 13.8 Å². The number of hydrogen-bond donors (Lipinski definition) is 0. The van der Waals surface area contributed by atoms with Crippen molar-refractivity contribution in [2.75, 3.05) is 20.3 Å². The fourth-order valence-electron chi connectivity index (χ4n) is 2.68. The molecule has 1 aliphatic heterocycles. The molecule has 3 rings (SSSR count). The van der Waals surface area contributed by atoms with Gasteiger partial charge in [-0.2, -0.15) is 0 Å². The first kappa shape index (κ1) is 20.7. The number of likely N-dealkylation sites (N-methyl/N-ethyl adjacent to an activating group) is 1. The van der Waals surface area contributed by atoms with Gasteiger partial charge in [-0.1, -0.05) is 18.2 Å². The summed E-state index contributed by atoms with van der Waals surface area (Å²) in [5.74, 6) is 0.245. The normalized spacial score (nSPS) is 16.5. The molecule has 0 atom stereocenters. The molecule has 1 fully saturated rings. The molecule has 0 spiro atoms. The van der Waals surface area contributed by atoms with Gasteiger partial charge in [0, 0.05) is 12.6 Å². The third-order valence-electron chi connectivity index (χ3n) is 4.11. The number of nitrogens with zero attached hydrogens (tertiary/aromatic N) is 2. The highest BCUT2D eigenvalue weighted by Gasteiger charge is 2.30. The number of hydrogen-bond acceptors (Lipinski definition) is 6. The van der Waals surface area contributed by atoms with E-state index in [-0.39, 0.29) is 11.9 Å². The third-order valence-corrected chi connectivity index (χ3v) is 5.17. The van der Waals surface area contributed by atoms with E-state index in [1.165, 1.54) is 16.7 Å². The van der Waals surface area contributed by atoms with Gasteiger partial charge in [0.1, 0.15) is 5.75 Å². The third kappa shape index (κ3) is 4.86. The van der Waals surface area contributed by atoms with Gasteiger partial charge >= 0.3 is 5.97 Å². The van der Waals surface area contributed by atoms with Crippen molar-refractivity contribution >= 4 is 40.6 Å². The smallest absolute Gasteiger partial charge is 0.338 e. The van der Waals surface area contributed by atoms with Crippen LogP contribution in [0.25, 0.3) is 6.08 Å². The molecule has 2 aromatic rings. The number of amides is 1. The van der Waals surface area contributed by atoms with Crippen LogP contribution >= 0.6 is 11.8 Å². The summed E-state index contributed by atoms with van der Waals surface area (Å²) in [6.07, 6.45) is 1.82. The van der Waals surface area contributed by atoms with Gasteiger partial charge in [-0.3, -0.25) is 9.69 Å². The molecule has 0 radical (unpaired) electrons. The Hall–Kier alpha value is -3.06.